The normalized spacial score (nSPS) is 21.2. The fourth-order valence-corrected chi connectivity index (χ4v) is 3.70. The van der Waals surface area contributed by atoms with Crippen LogP contribution in [0.15, 0.2) is 36.7 Å². The maximum absolute atomic E-state index is 11.7. The van der Waals surface area contributed by atoms with Gasteiger partial charge in [0.15, 0.2) is 0 Å². The summed E-state index contributed by atoms with van der Waals surface area (Å²) in [7, 11) is 5.77. The van der Waals surface area contributed by atoms with Crippen molar-refractivity contribution in [1.29, 1.82) is 0 Å². The first-order valence-corrected chi connectivity index (χ1v) is 9.26. The number of carbonyl (C=O) groups is 1. The molecule has 7 heteroatoms. The SMILES string of the molecule is COc1ccc(-n2cccn2)c(CN2C[C@@H](C(=O)O)CC[C@@H](N(C)C)C2)c1. The van der Waals surface area contributed by atoms with Gasteiger partial charge in [0.1, 0.15) is 5.75 Å². The first-order valence-electron chi connectivity index (χ1n) is 9.26. The number of aromatic nitrogens is 2. The van der Waals surface area contributed by atoms with Crippen molar-refractivity contribution < 1.29 is 14.6 Å². The van der Waals surface area contributed by atoms with Crippen LogP contribution in [0.25, 0.3) is 5.69 Å². The lowest BCUT2D eigenvalue weighted by molar-refractivity contribution is -0.142. The molecule has 0 saturated carbocycles. The zero-order valence-electron chi connectivity index (χ0n) is 16.2. The van der Waals surface area contributed by atoms with Gasteiger partial charge in [0.2, 0.25) is 0 Å². The van der Waals surface area contributed by atoms with Crippen LogP contribution in [0.1, 0.15) is 18.4 Å². The third-order valence-corrected chi connectivity index (χ3v) is 5.31. The van der Waals surface area contributed by atoms with Gasteiger partial charge >= 0.3 is 5.97 Å². The molecule has 1 fully saturated rings. The number of likely N-dealkylation sites (tertiary alicyclic amines) is 1. The monoisotopic (exact) mass is 372 g/mol. The minimum absolute atomic E-state index is 0.339. The molecule has 1 aromatic heterocycles. The molecule has 0 spiro atoms. The van der Waals surface area contributed by atoms with Crippen LogP contribution in [-0.2, 0) is 11.3 Å². The van der Waals surface area contributed by atoms with Crippen molar-refractivity contribution in [2.45, 2.75) is 25.4 Å². The maximum atomic E-state index is 11.7. The summed E-state index contributed by atoms with van der Waals surface area (Å²) in [6.07, 6.45) is 5.27. The average Bonchev–Trinajstić information content (AvgIpc) is 3.08. The Labute approximate surface area is 160 Å². The predicted octanol–water partition coefficient (Wildman–Crippen LogP) is 2.11. The molecule has 2 aromatic rings. The Morgan fingerprint density at radius 1 is 1.33 bits per heavy atom. The molecule has 3 rings (SSSR count). The average molecular weight is 372 g/mol. The lowest BCUT2D eigenvalue weighted by Gasteiger charge is -2.29. The highest BCUT2D eigenvalue weighted by Crippen LogP contribution is 2.25. The first-order chi connectivity index (χ1) is 13.0. The van der Waals surface area contributed by atoms with E-state index in [4.69, 9.17) is 4.74 Å². The Bertz CT molecular complexity index is 761. The van der Waals surface area contributed by atoms with Crippen LogP contribution in [0.4, 0.5) is 0 Å². The second-order valence-corrected chi connectivity index (χ2v) is 7.37. The van der Waals surface area contributed by atoms with Crippen molar-refractivity contribution >= 4 is 5.97 Å². The van der Waals surface area contributed by atoms with Gasteiger partial charge in [-0.15, -0.1) is 0 Å². The Hall–Kier alpha value is -2.38. The van der Waals surface area contributed by atoms with E-state index in [0.29, 0.717) is 25.6 Å². The van der Waals surface area contributed by atoms with E-state index < -0.39 is 5.97 Å². The van der Waals surface area contributed by atoms with Crippen molar-refractivity contribution in [3.8, 4) is 11.4 Å². The molecule has 27 heavy (non-hydrogen) atoms. The van der Waals surface area contributed by atoms with Crippen LogP contribution in [0.3, 0.4) is 0 Å². The summed E-state index contributed by atoms with van der Waals surface area (Å²) in [6.45, 7) is 2.04. The number of hydrogen-bond acceptors (Lipinski definition) is 5. The highest BCUT2D eigenvalue weighted by Gasteiger charge is 2.29. The molecular weight excluding hydrogens is 344 g/mol. The second kappa shape index (κ2) is 8.54. The summed E-state index contributed by atoms with van der Waals surface area (Å²) < 4.78 is 7.25. The topological polar surface area (TPSA) is 70.8 Å². The van der Waals surface area contributed by atoms with Gasteiger partial charge in [0.05, 0.1) is 18.7 Å². The Morgan fingerprint density at radius 2 is 2.15 bits per heavy atom. The minimum Gasteiger partial charge on any atom is -0.497 e. The van der Waals surface area contributed by atoms with E-state index in [1.54, 1.807) is 13.3 Å². The van der Waals surface area contributed by atoms with Gasteiger partial charge in [-0.25, -0.2) is 4.68 Å². The van der Waals surface area contributed by atoms with Crippen molar-refractivity contribution in [2.75, 3.05) is 34.3 Å². The molecule has 7 nitrogen and oxygen atoms in total. The largest absolute Gasteiger partial charge is 0.497 e. The molecular formula is C20H28N4O3. The second-order valence-electron chi connectivity index (χ2n) is 7.37. The van der Waals surface area contributed by atoms with E-state index in [1.165, 1.54) is 0 Å². The molecule has 1 aromatic carbocycles. The Kier molecular flexibility index (Phi) is 6.13. The zero-order chi connectivity index (χ0) is 19.4. The van der Waals surface area contributed by atoms with Crippen molar-refractivity contribution in [1.82, 2.24) is 19.6 Å². The number of benzene rings is 1. The number of carboxylic acid groups (broad SMARTS) is 1. The molecule has 2 atom stereocenters. The number of likely N-dealkylation sites (N-methyl/N-ethyl adjacent to an activating group) is 1. The van der Waals surface area contributed by atoms with E-state index in [9.17, 15) is 9.90 Å². The zero-order valence-corrected chi connectivity index (χ0v) is 16.2. The van der Waals surface area contributed by atoms with Crippen molar-refractivity contribution in [2.24, 2.45) is 5.92 Å². The minimum atomic E-state index is -0.711. The summed E-state index contributed by atoms with van der Waals surface area (Å²) >= 11 is 0. The number of methoxy groups -OCH3 is 1. The number of carboxylic acids is 1. The lowest BCUT2D eigenvalue weighted by atomic mass is 10.0. The van der Waals surface area contributed by atoms with Crippen LogP contribution in [0.2, 0.25) is 0 Å². The molecule has 1 aliphatic rings. The summed E-state index contributed by atoms with van der Waals surface area (Å²) in [5, 5.41) is 13.9. The number of nitrogens with zero attached hydrogens (tertiary/aromatic N) is 4. The van der Waals surface area contributed by atoms with E-state index >= 15 is 0 Å². The Balaban J connectivity index is 1.90. The van der Waals surface area contributed by atoms with Crippen molar-refractivity contribution in [3.05, 3.63) is 42.2 Å². The highest BCUT2D eigenvalue weighted by atomic mass is 16.5. The summed E-state index contributed by atoms with van der Waals surface area (Å²) in [6, 6.07) is 8.17. The first kappa shape index (κ1) is 19.4. The molecule has 2 heterocycles. The molecule has 0 unspecified atom stereocenters. The lowest BCUT2D eigenvalue weighted by Crippen LogP contribution is -2.39. The summed E-state index contributed by atoms with van der Waals surface area (Å²) in [5.74, 6) is -0.263. The third kappa shape index (κ3) is 4.67. The van der Waals surface area contributed by atoms with Gasteiger partial charge in [-0.3, -0.25) is 9.69 Å². The smallest absolute Gasteiger partial charge is 0.307 e. The number of ether oxygens (including phenoxy) is 1. The van der Waals surface area contributed by atoms with Gasteiger partial charge in [-0.05, 0) is 56.8 Å². The van der Waals surface area contributed by atoms with Crippen LogP contribution < -0.4 is 4.74 Å². The molecule has 1 saturated heterocycles. The van der Waals surface area contributed by atoms with Gasteiger partial charge in [0.25, 0.3) is 0 Å². The maximum Gasteiger partial charge on any atom is 0.307 e. The Morgan fingerprint density at radius 3 is 2.78 bits per heavy atom. The molecule has 0 amide bonds. The summed E-state index contributed by atoms with van der Waals surface area (Å²) in [4.78, 5) is 16.1. The van der Waals surface area contributed by atoms with E-state index in [2.05, 4.69) is 29.0 Å². The van der Waals surface area contributed by atoms with E-state index in [0.717, 1.165) is 30.0 Å². The van der Waals surface area contributed by atoms with Crippen LogP contribution in [0.5, 0.6) is 5.75 Å². The third-order valence-electron chi connectivity index (χ3n) is 5.31. The van der Waals surface area contributed by atoms with E-state index in [-0.39, 0.29) is 5.92 Å². The molecule has 0 bridgehead atoms. The van der Waals surface area contributed by atoms with Gasteiger partial charge in [-0.2, -0.15) is 5.10 Å². The fourth-order valence-electron chi connectivity index (χ4n) is 3.70. The highest BCUT2D eigenvalue weighted by molar-refractivity contribution is 5.70. The molecule has 0 aliphatic carbocycles. The molecule has 0 radical (unpaired) electrons. The number of rotatable bonds is 6. The van der Waals surface area contributed by atoms with Gasteiger partial charge in [0, 0.05) is 38.1 Å². The van der Waals surface area contributed by atoms with Gasteiger partial charge < -0.3 is 14.7 Å². The fraction of sp³-hybridized carbons (Fsp3) is 0.500. The molecule has 146 valence electrons. The van der Waals surface area contributed by atoms with Gasteiger partial charge in [-0.1, -0.05) is 0 Å². The summed E-state index contributed by atoms with van der Waals surface area (Å²) in [5.41, 5.74) is 2.06. The van der Waals surface area contributed by atoms with Crippen LogP contribution in [0, 0.1) is 5.92 Å². The number of aliphatic carboxylic acids is 1. The predicted molar refractivity (Wildman–Crippen MR) is 103 cm³/mol. The molecule has 1 N–H and O–H groups in total. The standard InChI is InChI=1S/C20H28N4O3/c1-22(2)17-6-5-15(20(25)26)12-23(14-17)13-16-11-18(27-3)7-8-19(16)24-10-4-9-21-24/h4,7-11,15,17H,5-6,12-14H2,1-3H3,(H,25,26)/t15-,17+/m0/s1. The van der Waals surface area contributed by atoms with Crippen LogP contribution >= 0.6 is 0 Å². The van der Waals surface area contributed by atoms with Crippen LogP contribution in [-0.4, -0.2) is 71.0 Å². The number of hydrogen-bond donors (Lipinski definition) is 1. The van der Waals surface area contributed by atoms with Crippen molar-refractivity contribution in [3.63, 3.8) is 0 Å². The quantitative estimate of drug-likeness (QED) is 0.837. The molecule has 1 aliphatic heterocycles. The van der Waals surface area contributed by atoms with E-state index in [1.807, 2.05) is 35.1 Å².